The normalized spacial score (nSPS) is 27.9. The first-order valence-electron chi connectivity index (χ1n) is 7.45. The number of hydrogen-bond acceptors (Lipinski definition) is 3. The number of amides is 1. The van der Waals surface area contributed by atoms with Crippen LogP contribution in [-0.4, -0.2) is 41.0 Å². The lowest BCUT2D eigenvalue weighted by molar-refractivity contribution is -0.143. The molecule has 3 unspecified atom stereocenters. The van der Waals surface area contributed by atoms with Crippen LogP contribution in [0.5, 0.6) is 0 Å². The lowest BCUT2D eigenvalue weighted by Crippen LogP contribution is -2.41. The highest BCUT2D eigenvalue weighted by atomic mass is 16.4. The fourth-order valence-corrected chi connectivity index (χ4v) is 3.51. The van der Waals surface area contributed by atoms with Crippen LogP contribution in [-0.2, 0) is 9.59 Å². The average Bonchev–Trinajstić information content (AvgIpc) is 2.88. The summed E-state index contributed by atoms with van der Waals surface area (Å²) in [5.74, 6) is -1.33. The van der Waals surface area contributed by atoms with Crippen LogP contribution >= 0.6 is 0 Å². The molecule has 2 heterocycles. The van der Waals surface area contributed by atoms with Crippen molar-refractivity contribution in [1.29, 1.82) is 0 Å². The zero-order chi connectivity index (χ0) is 15.0. The van der Waals surface area contributed by atoms with Gasteiger partial charge in [0.25, 0.3) is 0 Å². The molecule has 21 heavy (non-hydrogen) atoms. The number of para-hydroxylation sites is 1. The summed E-state index contributed by atoms with van der Waals surface area (Å²) in [6.45, 7) is 3.16. The second kappa shape index (κ2) is 5.39. The molecule has 2 aliphatic heterocycles. The Labute approximate surface area is 123 Å². The maximum atomic E-state index is 12.8. The number of carbonyl (C=O) groups excluding carboxylic acids is 1. The predicted octanol–water partition coefficient (Wildman–Crippen LogP) is 1.91. The van der Waals surface area contributed by atoms with Crippen molar-refractivity contribution in [2.45, 2.75) is 31.7 Å². The number of hydrogen-bond donors (Lipinski definition) is 2. The van der Waals surface area contributed by atoms with E-state index in [2.05, 4.69) is 5.32 Å². The Morgan fingerprint density at radius 3 is 2.76 bits per heavy atom. The van der Waals surface area contributed by atoms with E-state index in [1.807, 2.05) is 31.2 Å². The number of nitrogens with one attached hydrogen (secondary N) is 1. The third-order valence-corrected chi connectivity index (χ3v) is 4.74. The van der Waals surface area contributed by atoms with Gasteiger partial charge in [0.15, 0.2) is 0 Å². The molecule has 112 valence electrons. The molecule has 1 aromatic rings. The van der Waals surface area contributed by atoms with E-state index < -0.39 is 11.9 Å². The Hall–Kier alpha value is -2.04. The Bertz CT molecular complexity index is 572. The van der Waals surface area contributed by atoms with Gasteiger partial charge in [-0.05, 0) is 31.4 Å². The quantitative estimate of drug-likeness (QED) is 0.872. The van der Waals surface area contributed by atoms with Crippen molar-refractivity contribution < 1.29 is 14.7 Å². The molecule has 2 aliphatic rings. The van der Waals surface area contributed by atoms with E-state index in [0.29, 0.717) is 13.0 Å². The molecule has 5 nitrogen and oxygen atoms in total. The first kappa shape index (κ1) is 13.9. The molecule has 1 saturated heterocycles. The molecule has 0 aliphatic carbocycles. The molecular weight excluding hydrogens is 268 g/mol. The number of nitrogens with zero attached hydrogens (tertiary/aromatic N) is 1. The topological polar surface area (TPSA) is 69.6 Å². The molecule has 2 N–H and O–H groups in total. The smallest absolute Gasteiger partial charge is 0.308 e. The van der Waals surface area contributed by atoms with E-state index in [9.17, 15) is 14.7 Å². The second-order valence-electron chi connectivity index (χ2n) is 5.86. The number of rotatable bonds is 2. The number of anilines is 1. The van der Waals surface area contributed by atoms with Gasteiger partial charge in [0.1, 0.15) is 0 Å². The SMILES string of the molecule is CC1C(C(=O)O)CCN1C(=O)C1CCNc2ccccc21. The number of carbonyl (C=O) groups is 2. The molecule has 3 atom stereocenters. The molecule has 1 amide bonds. The van der Waals surface area contributed by atoms with Crippen LogP contribution in [0.2, 0.25) is 0 Å². The summed E-state index contributed by atoms with van der Waals surface area (Å²) < 4.78 is 0. The lowest BCUT2D eigenvalue weighted by Gasteiger charge is -2.31. The monoisotopic (exact) mass is 288 g/mol. The number of carboxylic acids is 1. The van der Waals surface area contributed by atoms with Crippen molar-refractivity contribution in [3.8, 4) is 0 Å². The van der Waals surface area contributed by atoms with Crippen molar-refractivity contribution in [2.75, 3.05) is 18.4 Å². The van der Waals surface area contributed by atoms with Gasteiger partial charge in [-0.2, -0.15) is 0 Å². The highest BCUT2D eigenvalue weighted by molar-refractivity contribution is 5.87. The molecule has 1 aromatic carbocycles. The largest absolute Gasteiger partial charge is 0.481 e. The maximum absolute atomic E-state index is 12.8. The number of aliphatic carboxylic acids is 1. The Morgan fingerprint density at radius 1 is 1.29 bits per heavy atom. The average molecular weight is 288 g/mol. The highest BCUT2D eigenvalue weighted by Crippen LogP contribution is 2.35. The van der Waals surface area contributed by atoms with Crippen LogP contribution in [0.4, 0.5) is 5.69 Å². The van der Waals surface area contributed by atoms with Gasteiger partial charge in [-0.3, -0.25) is 9.59 Å². The minimum absolute atomic E-state index is 0.0696. The van der Waals surface area contributed by atoms with Gasteiger partial charge < -0.3 is 15.3 Å². The summed E-state index contributed by atoms with van der Waals surface area (Å²) in [6, 6.07) is 7.65. The lowest BCUT2D eigenvalue weighted by atomic mass is 9.89. The van der Waals surface area contributed by atoms with Gasteiger partial charge in [-0.1, -0.05) is 18.2 Å². The third kappa shape index (κ3) is 2.37. The molecule has 0 aromatic heterocycles. The second-order valence-corrected chi connectivity index (χ2v) is 5.86. The fraction of sp³-hybridized carbons (Fsp3) is 0.500. The Kier molecular flexibility index (Phi) is 3.57. The Balaban J connectivity index is 1.83. The van der Waals surface area contributed by atoms with E-state index >= 15 is 0 Å². The maximum Gasteiger partial charge on any atom is 0.308 e. The zero-order valence-corrected chi connectivity index (χ0v) is 12.1. The summed E-state index contributed by atoms with van der Waals surface area (Å²) in [5, 5.41) is 12.5. The molecule has 1 fully saturated rings. The number of fused-ring (bicyclic) bond motifs is 1. The van der Waals surface area contributed by atoms with Gasteiger partial charge in [0.2, 0.25) is 5.91 Å². The van der Waals surface area contributed by atoms with Gasteiger partial charge in [-0.15, -0.1) is 0 Å². The standard InChI is InChI=1S/C16H20N2O3/c1-10-11(16(20)21)7-9-18(10)15(19)13-6-8-17-14-5-3-2-4-12(13)14/h2-5,10-11,13,17H,6-9H2,1H3,(H,20,21). The van der Waals surface area contributed by atoms with Crippen LogP contribution in [0.3, 0.4) is 0 Å². The minimum Gasteiger partial charge on any atom is -0.481 e. The minimum atomic E-state index is -0.802. The molecule has 0 spiro atoms. The van der Waals surface area contributed by atoms with Crippen LogP contribution in [0.15, 0.2) is 24.3 Å². The van der Waals surface area contributed by atoms with Crippen molar-refractivity contribution in [3.05, 3.63) is 29.8 Å². The van der Waals surface area contributed by atoms with Crippen molar-refractivity contribution >= 4 is 17.6 Å². The molecule has 0 radical (unpaired) electrons. The zero-order valence-electron chi connectivity index (χ0n) is 12.1. The number of likely N-dealkylation sites (tertiary alicyclic amines) is 1. The van der Waals surface area contributed by atoms with Gasteiger partial charge in [0, 0.05) is 24.8 Å². The molecular formula is C16H20N2O3. The molecule has 3 rings (SSSR count). The van der Waals surface area contributed by atoms with Crippen LogP contribution < -0.4 is 5.32 Å². The summed E-state index contributed by atoms with van der Waals surface area (Å²) in [7, 11) is 0. The first-order chi connectivity index (χ1) is 10.1. The summed E-state index contributed by atoms with van der Waals surface area (Å²) in [5.41, 5.74) is 2.04. The fourth-order valence-electron chi connectivity index (χ4n) is 3.51. The van der Waals surface area contributed by atoms with Crippen LogP contribution in [0.25, 0.3) is 0 Å². The predicted molar refractivity (Wildman–Crippen MR) is 79.2 cm³/mol. The van der Waals surface area contributed by atoms with E-state index in [1.165, 1.54) is 0 Å². The third-order valence-electron chi connectivity index (χ3n) is 4.74. The van der Waals surface area contributed by atoms with E-state index in [-0.39, 0.29) is 17.9 Å². The van der Waals surface area contributed by atoms with Crippen LogP contribution in [0.1, 0.15) is 31.2 Å². The molecule has 0 saturated carbocycles. The number of benzene rings is 1. The highest BCUT2D eigenvalue weighted by Gasteiger charge is 2.41. The van der Waals surface area contributed by atoms with E-state index in [0.717, 1.165) is 24.2 Å². The molecule has 5 heteroatoms. The molecule has 0 bridgehead atoms. The van der Waals surface area contributed by atoms with Crippen molar-refractivity contribution in [3.63, 3.8) is 0 Å². The number of carboxylic acid groups (broad SMARTS) is 1. The van der Waals surface area contributed by atoms with Crippen molar-refractivity contribution in [2.24, 2.45) is 5.92 Å². The van der Waals surface area contributed by atoms with Gasteiger partial charge in [0.05, 0.1) is 11.8 Å². The summed E-state index contributed by atoms with van der Waals surface area (Å²) >= 11 is 0. The summed E-state index contributed by atoms with van der Waals surface area (Å²) in [6.07, 6.45) is 1.31. The van der Waals surface area contributed by atoms with E-state index in [4.69, 9.17) is 0 Å². The Morgan fingerprint density at radius 2 is 2.05 bits per heavy atom. The van der Waals surface area contributed by atoms with Gasteiger partial charge >= 0.3 is 5.97 Å². The van der Waals surface area contributed by atoms with Gasteiger partial charge in [-0.25, -0.2) is 0 Å². The first-order valence-corrected chi connectivity index (χ1v) is 7.45. The van der Waals surface area contributed by atoms with Crippen molar-refractivity contribution in [1.82, 2.24) is 4.90 Å². The summed E-state index contributed by atoms with van der Waals surface area (Å²) in [4.78, 5) is 25.8. The van der Waals surface area contributed by atoms with Crippen LogP contribution in [0, 0.1) is 5.92 Å². The van der Waals surface area contributed by atoms with E-state index in [1.54, 1.807) is 4.90 Å².